The molecule has 0 amide bonds. The molecule has 4 nitrogen and oxygen atoms in total. The minimum Gasteiger partial charge on any atom is -0.381 e. The number of aromatic amines is 1. The predicted molar refractivity (Wildman–Crippen MR) is 72.9 cm³/mol. The lowest BCUT2D eigenvalue weighted by molar-refractivity contribution is 0.117. The van der Waals surface area contributed by atoms with E-state index < -0.39 is 0 Å². The van der Waals surface area contributed by atoms with E-state index in [-0.39, 0.29) is 0 Å². The van der Waals surface area contributed by atoms with E-state index in [2.05, 4.69) is 33.9 Å². The zero-order valence-electron chi connectivity index (χ0n) is 10.7. The average molecular weight is 245 g/mol. The van der Waals surface area contributed by atoms with E-state index in [0.717, 1.165) is 32.0 Å². The van der Waals surface area contributed by atoms with Gasteiger partial charge in [-0.1, -0.05) is 0 Å². The molecule has 0 bridgehead atoms. The van der Waals surface area contributed by atoms with Crippen molar-refractivity contribution in [3.63, 3.8) is 0 Å². The second kappa shape index (κ2) is 4.98. The van der Waals surface area contributed by atoms with Crippen molar-refractivity contribution in [2.75, 3.05) is 31.2 Å². The zero-order chi connectivity index (χ0) is 12.4. The second-order valence-corrected chi connectivity index (χ2v) is 4.87. The van der Waals surface area contributed by atoms with Gasteiger partial charge in [-0.25, -0.2) is 4.98 Å². The first-order valence-corrected chi connectivity index (χ1v) is 6.62. The third-order valence-corrected chi connectivity index (χ3v) is 3.59. The van der Waals surface area contributed by atoms with Crippen LogP contribution >= 0.6 is 0 Å². The summed E-state index contributed by atoms with van der Waals surface area (Å²) < 4.78 is 5.51. The van der Waals surface area contributed by atoms with Crippen LogP contribution in [0, 0.1) is 5.92 Å². The van der Waals surface area contributed by atoms with Gasteiger partial charge in [0.15, 0.2) is 0 Å². The Morgan fingerprint density at radius 3 is 3.39 bits per heavy atom. The molecule has 0 aliphatic carbocycles. The number of nitrogens with zero attached hydrogens (tertiary/aromatic N) is 2. The Balaban J connectivity index is 1.71. The zero-order valence-corrected chi connectivity index (χ0v) is 10.7. The van der Waals surface area contributed by atoms with E-state index in [9.17, 15) is 0 Å². The molecule has 0 radical (unpaired) electrons. The van der Waals surface area contributed by atoms with Gasteiger partial charge in [-0.3, -0.25) is 0 Å². The van der Waals surface area contributed by atoms with E-state index in [0.29, 0.717) is 5.92 Å². The lowest BCUT2D eigenvalue weighted by Gasteiger charge is -2.18. The van der Waals surface area contributed by atoms with E-state index >= 15 is 0 Å². The third kappa shape index (κ3) is 2.20. The van der Waals surface area contributed by atoms with Gasteiger partial charge in [-0.15, -0.1) is 0 Å². The van der Waals surface area contributed by atoms with Crippen molar-refractivity contribution in [1.82, 2.24) is 9.97 Å². The molecular formula is C14H19N3O. The summed E-state index contributed by atoms with van der Waals surface area (Å²) in [6, 6.07) is 4.28. The van der Waals surface area contributed by atoms with Crippen LogP contribution in [0.25, 0.3) is 11.0 Å². The van der Waals surface area contributed by atoms with E-state index in [1.807, 2.05) is 12.4 Å². The first-order valence-electron chi connectivity index (χ1n) is 6.62. The summed E-state index contributed by atoms with van der Waals surface area (Å²) in [5.74, 6) is 0.659. The fourth-order valence-electron chi connectivity index (χ4n) is 2.59. The topological polar surface area (TPSA) is 41.1 Å². The van der Waals surface area contributed by atoms with Gasteiger partial charge in [0.25, 0.3) is 0 Å². The largest absolute Gasteiger partial charge is 0.381 e. The molecule has 0 spiro atoms. The minimum atomic E-state index is 0.659. The van der Waals surface area contributed by atoms with Crippen molar-refractivity contribution < 1.29 is 4.74 Å². The molecule has 96 valence electrons. The van der Waals surface area contributed by atoms with Crippen LogP contribution in [0.1, 0.15) is 13.3 Å². The summed E-state index contributed by atoms with van der Waals surface area (Å²) in [6.45, 7) is 5.93. The van der Waals surface area contributed by atoms with Gasteiger partial charge in [0.2, 0.25) is 0 Å². The number of hydrogen-bond acceptors (Lipinski definition) is 3. The molecule has 1 N–H and O–H groups in total. The molecule has 0 saturated carbocycles. The van der Waals surface area contributed by atoms with Gasteiger partial charge in [0.1, 0.15) is 5.65 Å². The molecule has 18 heavy (non-hydrogen) atoms. The molecule has 1 saturated heterocycles. The maximum Gasteiger partial charge on any atom is 0.137 e. The fraction of sp³-hybridized carbons (Fsp3) is 0.500. The van der Waals surface area contributed by atoms with Crippen LogP contribution in [0.15, 0.2) is 24.5 Å². The summed E-state index contributed by atoms with van der Waals surface area (Å²) in [5, 5.41) is 1.18. The first kappa shape index (κ1) is 11.5. The Labute approximate surface area is 107 Å². The number of ether oxygens (including phenoxy) is 1. The van der Waals surface area contributed by atoms with Crippen LogP contribution in [0.3, 0.4) is 0 Å². The number of H-pyrrole nitrogens is 1. The minimum absolute atomic E-state index is 0.659. The van der Waals surface area contributed by atoms with E-state index in [1.165, 1.54) is 17.5 Å². The summed E-state index contributed by atoms with van der Waals surface area (Å²) >= 11 is 0. The molecule has 3 heterocycles. The monoisotopic (exact) mass is 245 g/mol. The molecule has 2 aromatic rings. The number of aromatic nitrogens is 2. The Bertz CT molecular complexity index is 522. The van der Waals surface area contributed by atoms with Gasteiger partial charge in [-0.05, 0) is 25.5 Å². The second-order valence-electron chi connectivity index (χ2n) is 4.87. The van der Waals surface area contributed by atoms with Gasteiger partial charge in [0, 0.05) is 37.2 Å². The number of anilines is 1. The molecule has 3 rings (SSSR count). The van der Waals surface area contributed by atoms with Crippen LogP contribution in [0.5, 0.6) is 0 Å². The Kier molecular flexibility index (Phi) is 3.19. The first-order chi connectivity index (χ1) is 8.86. The van der Waals surface area contributed by atoms with Gasteiger partial charge >= 0.3 is 0 Å². The molecule has 1 aliphatic heterocycles. The van der Waals surface area contributed by atoms with Crippen LogP contribution < -0.4 is 4.90 Å². The summed E-state index contributed by atoms with van der Waals surface area (Å²) in [5.41, 5.74) is 2.19. The van der Waals surface area contributed by atoms with Gasteiger partial charge in [0.05, 0.1) is 18.5 Å². The van der Waals surface area contributed by atoms with Gasteiger partial charge in [-0.2, -0.15) is 0 Å². The highest BCUT2D eigenvalue weighted by Crippen LogP contribution is 2.25. The van der Waals surface area contributed by atoms with E-state index in [4.69, 9.17) is 4.74 Å². The summed E-state index contributed by atoms with van der Waals surface area (Å²) in [7, 11) is 0. The van der Waals surface area contributed by atoms with Crippen LogP contribution in [0.2, 0.25) is 0 Å². The van der Waals surface area contributed by atoms with Gasteiger partial charge < -0.3 is 14.6 Å². The van der Waals surface area contributed by atoms with Crippen molar-refractivity contribution in [3.8, 4) is 0 Å². The lowest BCUT2D eigenvalue weighted by atomic mass is 10.1. The number of nitrogens with one attached hydrogen (secondary N) is 1. The van der Waals surface area contributed by atoms with E-state index in [1.54, 1.807) is 0 Å². The summed E-state index contributed by atoms with van der Waals surface area (Å²) in [6.07, 6.45) is 5.11. The van der Waals surface area contributed by atoms with Crippen molar-refractivity contribution in [2.45, 2.75) is 13.3 Å². The van der Waals surface area contributed by atoms with Crippen molar-refractivity contribution in [2.24, 2.45) is 5.92 Å². The smallest absolute Gasteiger partial charge is 0.137 e. The number of pyridine rings is 1. The fourth-order valence-corrected chi connectivity index (χ4v) is 2.59. The maximum atomic E-state index is 5.51. The predicted octanol–water partition coefficient (Wildman–Crippen LogP) is 2.43. The van der Waals surface area contributed by atoms with Crippen LogP contribution in [0.4, 0.5) is 5.69 Å². The quantitative estimate of drug-likeness (QED) is 0.899. The molecule has 1 atom stereocenters. The number of fused-ring (bicyclic) bond motifs is 1. The van der Waals surface area contributed by atoms with Crippen molar-refractivity contribution >= 4 is 16.7 Å². The molecule has 1 aliphatic rings. The number of rotatable bonds is 4. The van der Waals surface area contributed by atoms with Crippen molar-refractivity contribution in [1.29, 1.82) is 0 Å². The maximum absolute atomic E-state index is 5.51. The third-order valence-electron chi connectivity index (χ3n) is 3.59. The Hall–Kier alpha value is -1.55. The highest BCUT2D eigenvalue weighted by molar-refractivity contribution is 5.79. The molecule has 2 aromatic heterocycles. The molecule has 4 heteroatoms. The highest BCUT2D eigenvalue weighted by atomic mass is 16.5. The number of hydrogen-bond donors (Lipinski definition) is 1. The normalized spacial score (nSPS) is 19.8. The Morgan fingerprint density at radius 1 is 1.56 bits per heavy atom. The SMILES string of the molecule is CCOCC1CCN(c2cnc3[nH]ccc3c2)C1. The molecular weight excluding hydrogens is 226 g/mol. The lowest BCUT2D eigenvalue weighted by Crippen LogP contribution is -2.21. The Morgan fingerprint density at radius 2 is 2.50 bits per heavy atom. The van der Waals surface area contributed by atoms with Crippen LogP contribution in [-0.4, -0.2) is 36.3 Å². The standard InChI is InChI=1S/C14H19N3O/c1-2-18-10-11-4-6-17(9-11)13-7-12-3-5-15-14(12)16-8-13/h3,5,7-8,11H,2,4,6,9-10H2,1H3,(H,15,16). The molecule has 1 unspecified atom stereocenters. The average Bonchev–Trinajstić information content (AvgIpc) is 3.04. The molecule has 0 aromatic carbocycles. The highest BCUT2D eigenvalue weighted by Gasteiger charge is 2.23. The van der Waals surface area contributed by atoms with Crippen LogP contribution in [-0.2, 0) is 4.74 Å². The molecule has 1 fully saturated rings. The summed E-state index contributed by atoms with van der Waals surface area (Å²) in [4.78, 5) is 9.97. The van der Waals surface area contributed by atoms with Crippen molar-refractivity contribution in [3.05, 3.63) is 24.5 Å².